The van der Waals surface area contributed by atoms with E-state index in [4.69, 9.17) is 0 Å². The summed E-state index contributed by atoms with van der Waals surface area (Å²) >= 11 is 0. The van der Waals surface area contributed by atoms with Crippen molar-refractivity contribution in [2.75, 3.05) is 18.0 Å². The Kier molecular flexibility index (Phi) is 6.40. The molecule has 0 unspecified atom stereocenters. The summed E-state index contributed by atoms with van der Waals surface area (Å²) in [6.45, 7) is 4.97. The topological polar surface area (TPSA) is 107 Å². The molecule has 0 aromatic heterocycles. The van der Waals surface area contributed by atoms with Gasteiger partial charge in [0, 0.05) is 11.6 Å². The smallest absolute Gasteiger partial charge is 0.326 e. The van der Waals surface area contributed by atoms with Crippen LogP contribution in [0.3, 0.4) is 0 Å². The molecule has 0 bridgehead atoms. The number of esters is 1. The lowest BCUT2D eigenvalue weighted by atomic mass is 10.0. The first-order valence-corrected chi connectivity index (χ1v) is 9.96. The van der Waals surface area contributed by atoms with Gasteiger partial charge in [-0.25, -0.2) is 8.42 Å². The number of carbonyl (C=O) groups is 1. The SMILES string of the molecule is COC(=O)CN(c1ccc(C(C)C)cc1)S(=O)(=O)c1ccc(C)c([N+](=O)[O-])c1. The maximum atomic E-state index is 13.2. The monoisotopic (exact) mass is 406 g/mol. The minimum absolute atomic E-state index is 0.250. The lowest BCUT2D eigenvalue weighted by Crippen LogP contribution is -2.36. The Morgan fingerprint density at radius 2 is 1.79 bits per heavy atom. The van der Waals surface area contributed by atoms with Crippen LogP contribution in [0.4, 0.5) is 11.4 Å². The predicted molar refractivity (Wildman–Crippen MR) is 105 cm³/mol. The van der Waals surface area contributed by atoms with Gasteiger partial charge in [-0.2, -0.15) is 0 Å². The standard InChI is InChI=1S/C19H22N2O6S/c1-13(2)15-6-8-16(9-7-15)20(12-19(22)27-4)28(25,26)17-10-5-14(3)18(11-17)21(23)24/h5-11,13H,12H2,1-4H3. The second-order valence-electron chi connectivity index (χ2n) is 6.54. The van der Waals surface area contributed by atoms with Crippen molar-refractivity contribution in [1.29, 1.82) is 0 Å². The van der Waals surface area contributed by atoms with E-state index in [1.165, 1.54) is 19.1 Å². The normalized spacial score (nSPS) is 11.3. The van der Waals surface area contributed by atoms with Crippen LogP contribution in [-0.2, 0) is 19.6 Å². The number of nitro benzene ring substituents is 1. The van der Waals surface area contributed by atoms with Crippen molar-refractivity contribution in [3.05, 3.63) is 63.7 Å². The summed E-state index contributed by atoms with van der Waals surface area (Å²) in [6.07, 6.45) is 0. The number of nitro groups is 1. The first-order valence-electron chi connectivity index (χ1n) is 8.52. The van der Waals surface area contributed by atoms with E-state index in [1.807, 2.05) is 13.8 Å². The van der Waals surface area contributed by atoms with Crippen molar-refractivity contribution in [3.8, 4) is 0 Å². The number of nitrogens with zero attached hydrogens (tertiary/aromatic N) is 2. The Morgan fingerprint density at radius 1 is 1.18 bits per heavy atom. The van der Waals surface area contributed by atoms with Gasteiger partial charge in [-0.05, 0) is 36.6 Å². The van der Waals surface area contributed by atoms with E-state index in [9.17, 15) is 23.3 Å². The number of anilines is 1. The fourth-order valence-electron chi connectivity index (χ4n) is 2.60. The van der Waals surface area contributed by atoms with Gasteiger partial charge in [-0.3, -0.25) is 19.2 Å². The molecule has 0 N–H and O–H groups in total. The molecule has 0 aliphatic carbocycles. The van der Waals surface area contributed by atoms with E-state index < -0.39 is 27.5 Å². The Balaban J connectivity index is 2.57. The molecule has 2 rings (SSSR count). The van der Waals surface area contributed by atoms with Crippen molar-refractivity contribution in [3.63, 3.8) is 0 Å². The highest BCUT2D eigenvalue weighted by molar-refractivity contribution is 7.92. The summed E-state index contributed by atoms with van der Waals surface area (Å²) in [4.78, 5) is 22.1. The molecule has 0 fully saturated rings. The van der Waals surface area contributed by atoms with Crippen molar-refractivity contribution in [1.82, 2.24) is 0 Å². The average Bonchev–Trinajstić information content (AvgIpc) is 2.65. The molecule has 0 radical (unpaired) electrons. The zero-order chi connectivity index (χ0) is 21.1. The van der Waals surface area contributed by atoms with Gasteiger partial charge in [0.15, 0.2) is 0 Å². The maximum Gasteiger partial charge on any atom is 0.326 e. The third-order valence-corrected chi connectivity index (χ3v) is 6.08. The molecule has 0 heterocycles. The summed E-state index contributed by atoms with van der Waals surface area (Å²) < 4.78 is 31.9. The Hall–Kier alpha value is -2.94. The Bertz CT molecular complexity index is 984. The van der Waals surface area contributed by atoms with Gasteiger partial charge in [0.05, 0.1) is 22.6 Å². The highest BCUT2D eigenvalue weighted by atomic mass is 32.2. The molecule has 8 nitrogen and oxygen atoms in total. The van der Waals surface area contributed by atoms with Crippen molar-refractivity contribution < 1.29 is 22.9 Å². The van der Waals surface area contributed by atoms with E-state index in [-0.39, 0.29) is 22.2 Å². The number of rotatable bonds is 7. The molecular weight excluding hydrogens is 384 g/mol. The van der Waals surface area contributed by atoms with E-state index in [2.05, 4.69) is 4.74 Å². The third kappa shape index (κ3) is 4.48. The lowest BCUT2D eigenvalue weighted by Gasteiger charge is -2.24. The average molecular weight is 406 g/mol. The number of ether oxygens (including phenoxy) is 1. The summed E-state index contributed by atoms with van der Waals surface area (Å²) in [7, 11) is -3.08. The summed E-state index contributed by atoms with van der Waals surface area (Å²) in [5.41, 5.74) is 1.29. The fourth-order valence-corrected chi connectivity index (χ4v) is 4.03. The molecule has 0 aliphatic heterocycles. The number of aryl methyl sites for hydroxylation is 1. The van der Waals surface area contributed by atoms with Crippen molar-refractivity contribution >= 4 is 27.4 Å². The number of carbonyl (C=O) groups excluding carboxylic acids is 1. The van der Waals surface area contributed by atoms with Crippen LogP contribution in [0.1, 0.15) is 30.9 Å². The quantitative estimate of drug-likeness (QED) is 0.396. The van der Waals surface area contributed by atoms with E-state index in [0.29, 0.717) is 5.56 Å². The maximum absolute atomic E-state index is 13.2. The molecule has 2 aromatic carbocycles. The van der Waals surface area contributed by atoms with E-state index in [1.54, 1.807) is 24.3 Å². The molecular formula is C19H22N2O6S. The molecule has 2 aromatic rings. The molecule has 0 saturated heterocycles. The van der Waals surface area contributed by atoms with Crippen molar-refractivity contribution in [2.24, 2.45) is 0 Å². The van der Waals surface area contributed by atoms with Crippen LogP contribution in [0.2, 0.25) is 0 Å². The highest BCUT2D eigenvalue weighted by Gasteiger charge is 2.29. The van der Waals surface area contributed by atoms with Crippen LogP contribution < -0.4 is 4.31 Å². The second kappa shape index (κ2) is 8.39. The molecule has 0 saturated carbocycles. The first-order chi connectivity index (χ1) is 13.1. The molecule has 150 valence electrons. The van der Waals surface area contributed by atoms with Gasteiger partial charge in [-0.15, -0.1) is 0 Å². The molecule has 0 aliphatic rings. The minimum atomic E-state index is -4.24. The van der Waals surface area contributed by atoms with Gasteiger partial charge in [-0.1, -0.05) is 32.0 Å². The highest BCUT2D eigenvalue weighted by Crippen LogP contribution is 2.29. The number of methoxy groups -OCH3 is 1. The molecule has 28 heavy (non-hydrogen) atoms. The summed E-state index contributed by atoms with van der Waals surface area (Å²) in [5, 5.41) is 11.2. The van der Waals surface area contributed by atoms with Crippen molar-refractivity contribution in [2.45, 2.75) is 31.6 Å². The summed E-state index contributed by atoms with van der Waals surface area (Å²) in [5.74, 6) is -0.502. The van der Waals surface area contributed by atoms with Gasteiger partial charge >= 0.3 is 5.97 Å². The van der Waals surface area contributed by atoms with E-state index in [0.717, 1.165) is 23.0 Å². The van der Waals surface area contributed by atoms with Crippen LogP contribution in [-0.4, -0.2) is 33.0 Å². The van der Waals surface area contributed by atoms with Gasteiger partial charge in [0.1, 0.15) is 6.54 Å². The Morgan fingerprint density at radius 3 is 2.29 bits per heavy atom. The zero-order valence-corrected chi connectivity index (χ0v) is 16.9. The fraction of sp³-hybridized carbons (Fsp3) is 0.316. The number of hydrogen-bond donors (Lipinski definition) is 0. The first kappa shape index (κ1) is 21.4. The summed E-state index contributed by atoms with van der Waals surface area (Å²) in [6, 6.07) is 10.4. The number of hydrogen-bond acceptors (Lipinski definition) is 6. The van der Waals surface area contributed by atoms with Crippen LogP contribution in [0.15, 0.2) is 47.4 Å². The molecule has 0 amide bonds. The molecule has 0 atom stereocenters. The van der Waals surface area contributed by atoms with E-state index >= 15 is 0 Å². The second-order valence-corrected chi connectivity index (χ2v) is 8.40. The Labute approximate surface area is 163 Å². The van der Waals surface area contributed by atoms with Gasteiger partial charge in [0.25, 0.3) is 15.7 Å². The minimum Gasteiger partial charge on any atom is -0.468 e. The predicted octanol–water partition coefficient (Wildman–Crippen LogP) is 3.39. The van der Waals surface area contributed by atoms with Gasteiger partial charge < -0.3 is 4.74 Å². The number of benzene rings is 2. The van der Waals surface area contributed by atoms with Crippen LogP contribution in [0.25, 0.3) is 0 Å². The van der Waals surface area contributed by atoms with Crippen LogP contribution in [0, 0.1) is 17.0 Å². The molecule has 9 heteroatoms. The van der Waals surface area contributed by atoms with Gasteiger partial charge in [0.2, 0.25) is 0 Å². The lowest BCUT2D eigenvalue weighted by molar-refractivity contribution is -0.385. The van der Waals surface area contributed by atoms with Crippen LogP contribution >= 0.6 is 0 Å². The van der Waals surface area contributed by atoms with Crippen LogP contribution in [0.5, 0.6) is 0 Å². The number of sulfonamides is 1. The largest absolute Gasteiger partial charge is 0.468 e. The third-order valence-electron chi connectivity index (χ3n) is 4.31. The zero-order valence-electron chi connectivity index (χ0n) is 16.1. The molecule has 0 spiro atoms.